The summed E-state index contributed by atoms with van der Waals surface area (Å²) in [5.41, 5.74) is 10.1. The smallest absolute Gasteiger partial charge is 0.257 e. The van der Waals surface area contributed by atoms with E-state index in [0.29, 0.717) is 5.56 Å². The Kier molecular flexibility index (Phi) is 8.48. The SMILES string of the molecule is Cc1ccc(NC(=O)CCC(=O)NNC(=S)NC(=O)c2ccc(-c3ccccc3)cc2)c(C)c1. The van der Waals surface area contributed by atoms with E-state index in [4.69, 9.17) is 12.2 Å². The maximum atomic E-state index is 12.4. The highest BCUT2D eigenvalue weighted by Crippen LogP contribution is 2.19. The largest absolute Gasteiger partial charge is 0.326 e. The van der Waals surface area contributed by atoms with Gasteiger partial charge in [-0.2, -0.15) is 0 Å². The Morgan fingerprint density at radius 2 is 1.41 bits per heavy atom. The van der Waals surface area contributed by atoms with Crippen LogP contribution in [-0.4, -0.2) is 22.8 Å². The van der Waals surface area contributed by atoms with Crippen molar-refractivity contribution in [2.75, 3.05) is 5.32 Å². The first-order valence-corrected chi connectivity index (χ1v) is 11.2. The number of hydrogen-bond donors (Lipinski definition) is 4. The predicted octanol–water partition coefficient (Wildman–Crippen LogP) is 4.02. The summed E-state index contributed by atoms with van der Waals surface area (Å²) in [5.74, 6) is -1.10. The summed E-state index contributed by atoms with van der Waals surface area (Å²) >= 11 is 5.06. The molecule has 0 saturated carbocycles. The van der Waals surface area contributed by atoms with Crippen molar-refractivity contribution in [3.05, 3.63) is 89.5 Å². The number of benzene rings is 3. The summed E-state index contributed by atoms with van der Waals surface area (Å²) < 4.78 is 0. The minimum absolute atomic E-state index is 0.00765. The molecule has 4 N–H and O–H groups in total. The molecule has 0 saturated heterocycles. The van der Waals surface area contributed by atoms with Crippen molar-refractivity contribution in [1.82, 2.24) is 16.2 Å². The molecule has 0 aliphatic heterocycles. The van der Waals surface area contributed by atoms with E-state index >= 15 is 0 Å². The van der Waals surface area contributed by atoms with Gasteiger partial charge in [-0.3, -0.25) is 30.6 Å². The summed E-state index contributed by atoms with van der Waals surface area (Å²) in [7, 11) is 0. The van der Waals surface area contributed by atoms with Gasteiger partial charge in [0.25, 0.3) is 5.91 Å². The van der Waals surface area contributed by atoms with Crippen molar-refractivity contribution >= 4 is 40.7 Å². The molecule has 34 heavy (non-hydrogen) atoms. The van der Waals surface area contributed by atoms with Crippen molar-refractivity contribution < 1.29 is 14.4 Å². The van der Waals surface area contributed by atoms with Crippen LogP contribution in [0.1, 0.15) is 34.3 Å². The van der Waals surface area contributed by atoms with E-state index in [1.54, 1.807) is 12.1 Å². The fourth-order valence-corrected chi connectivity index (χ4v) is 3.38. The van der Waals surface area contributed by atoms with Crippen molar-refractivity contribution in [3.8, 4) is 11.1 Å². The second-order valence-corrected chi connectivity index (χ2v) is 8.17. The quantitative estimate of drug-likeness (QED) is 0.319. The van der Waals surface area contributed by atoms with Crippen LogP contribution in [0.25, 0.3) is 11.1 Å². The number of amides is 3. The van der Waals surface area contributed by atoms with Gasteiger partial charge in [0.2, 0.25) is 11.8 Å². The molecule has 7 nitrogen and oxygen atoms in total. The molecule has 0 bridgehead atoms. The first-order valence-electron chi connectivity index (χ1n) is 10.7. The lowest BCUT2D eigenvalue weighted by Gasteiger charge is -2.12. The zero-order valence-corrected chi connectivity index (χ0v) is 19.8. The van der Waals surface area contributed by atoms with Crippen molar-refractivity contribution in [3.63, 3.8) is 0 Å². The van der Waals surface area contributed by atoms with E-state index < -0.39 is 11.8 Å². The van der Waals surface area contributed by atoms with Crippen LogP contribution in [0, 0.1) is 13.8 Å². The Morgan fingerprint density at radius 3 is 2.09 bits per heavy atom. The van der Waals surface area contributed by atoms with Crippen LogP contribution >= 0.6 is 12.2 Å². The number of carbonyl (C=O) groups is 3. The predicted molar refractivity (Wildman–Crippen MR) is 137 cm³/mol. The number of thiocarbonyl (C=S) groups is 1. The number of carbonyl (C=O) groups excluding carboxylic acids is 3. The molecule has 0 radical (unpaired) electrons. The van der Waals surface area contributed by atoms with Gasteiger partial charge in [0.15, 0.2) is 5.11 Å². The van der Waals surface area contributed by atoms with Crippen molar-refractivity contribution in [1.29, 1.82) is 0 Å². The average molecular weight is 475 g/mol. The fourth-order valence-electron chi connectivity index (χ4n) is 3.23. The average Bonchev–Trinajstić information content (AvgIpc) is 2.84. The maximum Gasteiger partial charge on any atom is 0.257 e. The van der Waals surface area contributed by atoms with Crippen LogP contribution in [-0.2, 0) is 9.59 Å². The molecule has 3 aromatic rings. The number of hydrogen-bond acceptors (Lipinski definition) is 4. The molecule has 3 amide bonds. The third kappa shape index (κ3) is 7.25. The highest BCUT2D eigenvalue weighted by atomic mass is 32.1. The molecule has 8 heteroatoms. The summed E-state index contributed by atoms with van der Waals surface area (Å²) in [5, 5.41) is 5.25. The van der Waals surface area contributed by atoms with Crippen LogP contribution in [0.3, 0.4) is 0 Å². The van der Waals surface area contributed by atoms with Gasteiger partial charge in [-0.25, -0.2) is 0 Å². The van der Waals surface area contributed by atoms with Gasteiger partial charge in [-0.1, -0.05) is 60.2 Å². The molecule has 174 valence electrons. The standard InChI is InChI=1S/C26H26N4O3S/c1-17-8-13-22(18(2)16-17)27-23(31)14-15-24(32)29-30-26(34)28-25(33)21-11-9-20(10-12-21)19-6-4-3-5-7-19/h3-13,16H,14-15H2,1-2H3,(H,27,31)(H,29,32)(H2,28,30,33,34). The second-order valence-electron chi connectivity index (χ2n) is 7.77. The summed E-state index contributed by atoms with van der Waals surface area (Å²) in [6.45, 7) is 3.89. The molecule has 0 atom stereocenters. The zero-order chi connectivity index (χ0) is 24.5. The van der Waals surface area contributed by atoms with Crippen molar-refractivity contribution in [2.24, 2.45) is 0 Å². The first-order chi connectivity index (χ1) is 16.3. The van der Waals surface area contributed by atoms with E-state index in [1.807, 2.05) is 74.5 Å². The van der Waals surface area contributed by atoms with E-state index in [2.05, 4.69) is 21.5 Å². The minimum atomic E-state index is -0.431. The van der Waals surface area contributed by atoms with Crippen LogP contribution in [0.2, 0.25) is 0 Å². The van der Waals surface area contributed by atoms with Gasteiger partial charge in [0.1, 0.15) is 0 Å². The molecule has 0 aliphatic rings. The molecular formula is C26H26N4O3S. The first kappa shape index (κ1) is 24.6. The number of nitrogens with one attached hydrogen (secondary N) is 4. The second kappa shape index (κ2) is 11.7. The third-order valence-electron chi connectivity index (χ3n) is 5.03. The molecule has 0 fully saturated rings. The van der Waals surface area contributed by atoms with E-state index in [1.165, 1.54) is 0 Å². The monoisotopic (exact) mass is 474 g/mol. The molecule has 0 unspecified atom stereocenters. The number of aryl methyl sites for hydroxylation is 2. The van der Waals surface area contributed by atoms with Gasteiger partial charge in [-0.15, -0.1) is 0 Å². The van der Waals surface area contributed by atoms with Crippen LogP contribution in [0.5, 0.6) is 0 Å². The maximum absolute atomic E-state index is 12.4. The third-order valence-corrected chi connectivity index (χ3v) is 5.24. The lowest BCUT2D eigenvalue weighted by Crippen LogP contribution is -2.48. The van der Waals surface area contributed by atoms with Gasteiger partial charge in [0, 0.05) is 24.1 Å². The highest BCUT2D eigenvalue weighted by molar-refractivity contribution is 7.80. The summed E-state index contributed by atoms with van der Waals surface area (Å²) in [4.78, 5) is 36.5. The van der Waals surface area contributed by atoms with Gasteiger partial charge in [-0.05, 0) is 61.0 Å². The Labute approximate surface area is 203 Å². The van der Waals surface area contributed by atoms with E-state index in [9.17, 15) is 14.4 Å². The van der Waals surface area contributed by atoms with Crippen LogP contribution in [0.15, 0.2) is 72.8 Å². The topological polar surface area (TPSA) is 99.3 Å². The van der Waals surface area contributed by atoms with E-state index in [0.717, 1.165) is 27.9 Å². The summed E-state index contributed by atoms with van der Waals surface area (Å²) in [6.07, 6.45) is -0.0328. The van der Waals surface area contributed by atoms with Crippen LogP contribution < -0.4 is 21.5 Å². The van der Waals surface area contributed by atoms with Gasteiger partial charge < -0.3 is 5.32 Å². The van der Waals surface area contributed by atoms with Gasteiger partial charge >= 0.3 is 0 Å². The lowest BCUT2D eigenvalue weighted by atomic mass is 10.0. The number of anilines is 1. The molecule has 0 spiro atoms. The Morgan fingerprint density at radius 1 is 0.765 bits per heavy atom. The Balaban J connectivity index is 1.39. The molecule has 3 aromatic carbocycles. The van der Waals surface area contributed by atoms with Crippen molar-refractivity contribution in [2.45, 2.75) is 26.7 Å². The van der Waals surface area contributed by atoms with Gasteiger partial charge in [0.05, 0.1) is 0 Å². The normalized spacial score (nSPS) is 10.2. The number of hydrazine groups is 1. The highest BCUT2D eigenvalue weighted by Gasteiger charge is 2.11. The molecular weight excluding hydrogens is 448 g/mol. The number of rotatable bonds is 6. The molecule has 0 heterocycles. The summed E-state index contributed by atoms with van der Waals surface area (Å²) in [6, 6.07) is 22.6. The molecule has 0 aromatic heterocycles. The Bertz CT molecular complexity index is 1190. The Hall–Kier alpha value is -4.04. The molecule has 0 aliphatic carbocycles. The zero-order valence-electron chi connectivity index (χ0n) is 19.0. The van der Waals surface area contributed by atoms with Crippen LogP contribution in [0.4, 0.5) is 5.69 Å². The minimum Gasteiger partial charge on any atom is -0.326 e. The fraction of sp³-hybridized carbons (Fsp3) is 0.154. The lowest BCUT2D eigenvalue weighted by molar-refractivity contribution is -0.124. The van der Waals surface area contributed by atoms with E-state index in [-0.39, 0.29) is 23.9 Å². The molecule has 3 rings (SSSR count).